The largest absolute Gasteiger partial charge is 0.462 e. The standard InChI is InChI=1S/C42H33N3O9/c1-4-49-40(46)31-34(25-16-10-7-11-17-25)43-52-37(31)28-22-29(38-32(41(47)50-5-2)35(44-53-38)26-18-12-8-13-19-26)24-30(23-28)39-33(42(48)51-6-3)36(45-54-39)27-20-14-9-15-21-27/h7-24H,4-6H2,1-3H3. The lowest BCUT2D eigenvalue weighted by atomic mass is 9.94. The lowest BCUT2D eigenvalue weighted by Gasteiger charge is -2.10. The Labute approximate surface area is 309 Å². The van der Waals surface area contributed by atoms with E-state index in [1.807, 2.05) is 54.6 Å². The second-order valence-corrected chi connectivity index (χ2v) is 11.8. The summed E-state index contributed by atoms with van der Waals surface area (Å²) in [6.07, 6.45) is 0. The Hall–Kier alpha value is -7.08. The molecule has 0 radical (unpaired) electrons. The molecule has 4 aromatic carbocycles. The van der Waals surface area contributed by atoms with Crippen molar-refractivity contribution in [2.24, 2.45) is 0 Å². The van der Waals surface area contributed by atoms with Gasteiger partial charge in [0.25, 0.3) is 0 Å². The molecule has 12 heteroatoms. The van der Waals surface area contributed by atoms with Gasteiger partial charge in [-0.25, -0.2) is 14.4 Å². The molecule has 0 aliphatic carbocycles. The van der Waals surface area contributed by atoms with Crippen molar-refractivity contribution in [3.8, 4) is 67.7 Å². The number of hydrogen-bond donors (Lipinski definition) is 0. The number of rotatable bonds is 12. The Kier molecular flexibility index (Phi) is 10.2. The Balaban J connectivity index is 1.52. The van der Waals surface area contributed by atoms with Gasteiger partial charge in [-0.15, -0.1) is 0 Å². The lowest BCUT2D eigenvalue weighted by molar-refractivity contribution is 0.0517. The summed E-state index contributed by atoms with van der Waals surface area (Å²) in [5.41, 5.74) is 3.73. The summed E-state index contributed by atoms with van der Waals surface area (Å²) in [4.78, 5) is 41.0. The van der Waals surface area contributed by atoms with Crippen LogP contribution >= 0.6 is 0 Å². The van der Waals surface area contributed by atoms with Crippen molar-refractivity contribution >= 4 is 17.9 Å². The molecule has 7 aromatic rings. The summed E-state index contributed by atoms with van der Waals surface area (Å²) < 4.78 is 34.3. The minimum absolute atomic E-state index is 0.0522. The number of carbonyl (C=O) groups excluding carboxylic acids is 3. The molecule has 0 bridgehead atoms. The Morgan fingerprint density at radius 2 is 0.685 bits per heavy atom. The van der Waals surface area contributed by atoms with Crippen LogP contribution in [-0.4, -0.2) is 53.2 Å². The van der Waals surface area contributed by atoms with E-state index in [2.05, 4.69) is 15.5 Å². The van der Waals surface area contributed by atoms with E-state index in [9.17, 15) is 14.4 Å². The van der Waals surface area contributed by atoms with Crippen molar-refractivity contribution in [1.29, 1.82) is 0 Å². The highest BCUT2D eigenvalue weighted by atomic mass is 16.5. The van der Waals surface area contributed by atoms with Crippen LogP contribution in [0, 0.1) is 0 Å². The third-order valence-electron chi connectivity index (χ3n) is 8.38. The molecule has 12 nitrogen and oxygen atoms in total. The van der Waals surface area contributed by atoms with Gasteiger partial charge < -0.3 is 27.8 Å². The van der Waals surface area contributed by atoms with Crippen LogP contribution in [-0.2, 0) is 14.2 Å². The quantitative estimate of drug-likeness (QED) is 0.0871. The van der Waals surface area contributed by atoms with Gasteiger partial charge in [0.05, 0.1) is 19.8 Å². The van der Waals surface area contributed by atoms with E-state index < -0.39 is 17.9 Å². The molecule has 0 unspecified atom stereocenters. The Morgan fingerprint density at radius 3 is 0.926 bits per heavy atom. The van der Waals surface area contributed by atoms with Crippen molar-refractivity contribution in [3.63, 3.8) is 0 Å². The Bertz CT molecular complexity index is 2150. The second-order valence-electron chi connectivity index (χ2n) is 11.8. The van der Waals surface area contributed by atoms with E-state index in [0.717, 1.165) is 0 Å². The smallest absolute Gasteiger partial charge is 0.344 e. The van der Waals surface area contributed by atoms with Gasteiger partial charge >= 0.3 is 17.9 Å². The maximum absolute atomic E-state index is 13.7. The SMILES string of the molecule is CCOC(=O)c1c(-c2ccccc2)noc1-c1cc(-c2onc(-c3ccccc3)c2C(=O)OCC)cc(-c2onc(-c3ccccc3)c2C(=O)OCC)c1. The van der Waals surface area contributed by atoms with Crippen LogP contribution in [0.25, 0.3) is 67.7 Å². The Morgan fingerprint density at radius 1 is 0.426 bits per heavy atom. The number of carbonyl (C=O) groups is 3. The first-order valence-corrected chi connectivity index (χ1v) is 17.3. The molecule has 0 aliphatic rings. The minimum Gasteiger partial charge on any atom is -0.462 e. The van der Waals surface area contributed by atoms with Crippen molar-refractivity contribution < 1.29 is 42.2 Å². The number of ether oxygens (including phenoxy) is 3. The molecule has 270 valence electrons. The summed E-state index contributed by atoms with van der Waals surface area (Å²) in [7, 11) is 0. The average Bonchev–Trinajstić information content (AvgIpc) is 3.97. The third kappa shape index (κ3) is 6.80. The number of aromatic nitrogens is 3. The zero-order valence-electron chi connectivity index (χ0n) is 29.5. The van der Waals surface area contributed by atoms with Gasteiger partial charge in [-0.3, -0.25) is 0 Å². The molecule has 0 amide bonds. The predicted octanol–water partition coefficient (Wildman–Crippen LogP) is 9.18. The molecular weight excluding hydrogens is 690 g/mol. The van der Waals surface area contributed by atoms with Crippen molar-refractivity contribution in [3.05, 3.63) is 126 Å². The van der Waals surface area contributed by atoms with Crippen LogP contribution in [0.2, 0.25) is 0 Å². The normalized spacial score (nSPS) is 10.9. The zero-order chi connectivity index (χ0) is 37.6. The average molecular weight is 724 g/mol. The van der Waals surface area contributed by atoms with Crippen LogP contribution in [0.1, 0.15) is 51.8 Å². The predicted molar refractivity (Wildman–Crippen MR) is 197 cm³/mol. The molecule has 0 N–H and O–H groups in total. The van der Waals surface area contributed by atoms with Crippen LogP contribution in [0.15, 0.2) is 123 Å². The first kappa shape index (κ1) is 35.3. The maximum atomic E-state index is 13.7. The third-order valence-corrected chi connectivity index (χ3v) is 8.38. The highest BCUT2D eigenvalue weighted by Gasteiger charge is 2.32. The molecule has 0 fully saturated rings. The zero-order valence-corrected chi connectivity index (χ0v) is 29.5. The summed E-state index contributed by atoms with van der Waals surface area (Å²) in [5.74, 6) is -1.85. The summed E-state index contributed by atoms with van der Waals surface area (Å²) in [5, 5.41) is 12.9. The van der Waals surface area contributed by atoms with Crippen LogP contribution in [0.5, 0.6) is 0 Å². The van der Waals surface area contributed by atoms with E-state index in [4.69, 9.17) is 27.8 Å². The second kappa shape index (κ2) is 15.7. The molecule has 0 spiro atoms. The molecule has 0 saturated carbocycles. The van der Waals surface area contributed by atoms with E-state index >= 15 is 0 Å². The van der Waals surface area contributed by atoms with Gasteiger partial charge in [0.2, 0.25) is 0 Å². The first-order valence-electron chi connectivity index (χ1n) is 17.3. The van der Waals surface area contributed by atoms with Crippen molar-refractivity contribution in [1.82, 2.24) is 15.5 Å². The fourth-order valence-corrected chi connectivity index (χ4v) is 6.04. The van der Waals surface area contributed by atoms with E-state index in [1.165, 1.54) is 0 Å². The number of esters is 3. The first-order chi connectivity index (χ1) is 26.4. The molecule has 54 heavy (non-hydrogen) atoms. The van der Waals surface area contributed by atoms with Gasteiger partial charge in [0.15, 0.2) is 17.3 Å². The topological polar surface area (TPSA) is 157 Å². The van der Waals surface area contributed by atoms with Gasteiger partial charge in [0.1, 0.15) is 33.8 Å². The van der Waals surface area contributed by atoms with Gasteiger partial charge in [-0.1, -0.05) is 106 Å². The van der Waals surface area contributed by atoms with Crippen LogP contribution < -0.4 is 0 Å². The molecule has 7 rings (SSSR count). The molecule has 0 atom stereocenters. The number of hydrogen-bond acceptors (Lipinski definition) is 12. The number of benzene rings is 4. The van der Waals surface area contributed by atoms with Gasteiger partial charge in [-0.2, -0.15) is 0 Å². The highest BCUT2D eigenvalue weighted by molar-refractivity contribution is 6.06. The van der Waals surface area contributed by atoms with E-state index in [0.29, 0.717) is 33.4 Å². The van der Waals surface area contributed by atoms with Gasteiger partial charge in [0, 0.05) is 33.4 Å². The minimum atomic E-state index is -0.670. The molecule has 0 saturated heterocycles. The molecular formula is C42H33N3O9. The van der Waals surface area contributed by atoms with Crippen LogP contribution in [0.4, 0.5) is 0 Å². The van der Waals surface area contributed by atoms with Gasteiger partial charge in [-0.05, 0) is 39.0 Å². The summed E-state index contributed by atoms with van der Waals surface area (Å²) >= 11 is 0. The number of nitrogens with zero attached hydrogens (tertiary/aromatic N) is 3. The molecule has 3 aromatic heterocycles. The van der Waals surface area contributed by atoms with Crippen molar-refractivity contribution in [2.75, 3.05) is 19.8 Å². The summed E-state index contributed by atoms with van der Waals surface area (Å²) in [6.45, 7) is 5.37. The fourth-order valence-electron chi connectivity index (χ4n) is 6.04. The molecule has 0 aliphatic heterocycles. The monoisotopic (exact) mass is 723 g/mol. The van der Waals surface area contributed by atoms with E-state index in [-0.39, 0.29) is 70.9 Å². The highest BCUT2D eigenvalue weighted by Crippen LogP contribution is 2.42. The van der Waals surface area contributed by atoms with Crippen molar-refractivity contribution in [2.45, 2.75) is 20.8 Å². The lowest BCUT2D eigenvalue weighted by Crippen LogP contribution is -2.08. The fraction of sp³-hybridized carbons (Fsp3) is 0.143. The molecule has 3 heterocycles. The van der Waals surface area contributed by atoms with Crippen LogP contribution in [0.3, 0.4) is 0 Å². The maximum Gasteiger partial charge on any atom is 0.344 e. The summed E-state index contributed by atoms with van der Waals surface area (Å²) in [6, 6.07) is 32.1. The van der Waals surface area contributed by atoms with E-state index in [1.54, 1.807) is 75.4 Å².